The minimum Gasteiger partial charge on any atom is -0.465 e. The molecule has 0 unspecified atom stereocenters. The van der Waals surface area contributed by atoms with Crippen molar-refractivity contribution in [3.63, 3.8) is 0 Å². The summed E-state index contributed by atoms with van der Waals surface area (Å²) >= 11 is 0. The molecule has 1 aromatic rings. The van der Waals surface area contributed by atoms with Crippen molar-refractivity contribution in [2.75, 3.05) is 14.2 Å². The lowest BCUT2D eigenvalue weighted by molar-refractivity contribution is 0.00234. The number of hydrogen-bond acceptors (Lipinski definition) is 5. The van der Waals surface area contributed by atoms with E-state index in [2.05, 4.69) is 14.3 Å². The molecule has 0 radical (unpaired) electrons. The second-order valence-electron chi connectivity index (χ2n) is 3.35. The van der Waals surface area contributed by atoms with Crippen LogP contribution in [0, 0.1) is 0 Å². The smallest absolute Gasteiger partial charge is 0.338 e. The number of nitrogens with zero attached hydrogens (tertiary/aromatic N) is 2. The van der Waals surface area contributed by atoms with Gasteiger partial charge in [-0.2, -0.15) is 4.79 Å². The third kappa shape index (κ3) is 3.11. The molecule has 1 rings (SSSR count). The molecule has 0 saturated carbocycles. The molecule has 0 fully saturated rings. The lowest BCUT2D eigenvalue weighted by Crippen LogP contribution is -2.13. The molecule has 0 amide bonds. The first kappa shape index (κ1) is 14.3. The molecular formula is C12H10N2O5. The summed E-state index contributed by atoms with van der Waals surface area (Å²) in [4.78, 5) is 37.1. The molecule has 0 heterocycles. The number of hydrogen-bond donors (Lipinski definition) is 0. The number of ether oxygens (including phenoxy) is 2. The molecule has 0 atom stereocenters. The van der Waals surface area contributed by atoms with E-state index in [1.54, 1.807) is 0 Å². The van der Waals surface area contributed by atoms with E-state index in [0.29, 0.717) is 6.21 Å². The van der Waals surface area contributed by atoms with E-state index in [-0.39, 0.29) is 16.7 Å². The SMILES string of the molecule is COC(=O)c1ccc(C(=O)C=[N+]=[N-])c(C(=O)OC)c1. The highest BCUT2D eigenvalue weighted by Gasteiger charge is 2.21. The number of carbonyl (C=O) groups is 3. The van der Waals surface area contributed by atoms with E-state index in [9.17, 15) is 14.4 Å². The maximum absolute atomic E-state index is 11.6. The highest BCUT2D eigenvalue weighted by atomic mass is 16.5. The molecule has 0 bridgehead atoms. The van der Waals surface area contributed by atoms with Gasteiger partial charge >= 0.3 is 18.2 Å². The molecule has 0 spiro atoms. The van der Waals surface area contributed by atoms with E-state index < -0.39 is 17.7 Å². The lowest BCUT2D eigenvalue weighted by Gasteiger charge is -2.06. The third-order valence-corrected chi connectivity index (χ3v) is 2.29. The van der Waals surface area contributed by atoms with Crippen LogP contribution in [0.25, 0.3) is 5.53 Å². The number of ketones is 1. The van der Waals surface area contributed by atoms with E-state index >= 15 is 0 Å². The van der Waals surface area contributed by atoms with Crippen molar-refractivity contribution in [3.05, 3.63) is 40.4 Å². The average molecular weight is 262 g/mol. The van der Waals surface area contributed by atoms with Crippen molar-refractivity contribution in [2.45, 2.75) is 0 Å². The van der Waals surface area contributed by atoms with Crippen LogP contribution in [-0.2, 0) is 9.47 Å². The van der Waals surface area contributed by atoms with Gasteiger partial charge in [-0.05, 0) is 18.2 Å². The Kier molecular flexibility index (Phi) is 4.68. The largest absolute Gasteiger partial charge is 0.465 e. The third-order valence-electron chi connectivity index (χ3n) is 2.29. The van der Waals surface area contributed by atoms with E-state index in [1.165, 1.54) is 25.3 Å². The molecule has 0 N–H and O–H groups in total. The van der Waals surface area contributed by atoms with Gasteiger partial charge in [-0.1, -0.05) is 0 Å². The maximum atomic E-state index is 11.6. The number of benzene rings is 1. The fourth-order valence-electron chi connectivity index (χ4n) is 1.40. The van der Waals surface area contributed by atoms with Crippen LogP contribution in [0.1, 0.15) is 31.1 Å². The molecule has 19 heavy (non-hydrogen) atoms. The van der Waals surface area contributed by atoms with Crippen molar-refractivity contribution in [2.24, 2.45) is 0 Å². The predicted molar refractivity (Wildman–Crippen MR) is 63.1 cm³/mol. The van der Waals surface area contributed by atoms with Crippen molar-refractivity contribution >= 4 is 23.9 Å². The summed E-state index contributed by atoms with van der Waals surface area (Å²) in [5.74, 6) is -2.14. The van der Waals surface area contributed by atoms with Crippen LogP contribution in [0.5, 0.6) is 0 Å². The Bertz CT molecular complexity index is 588. The second kappa shape index (κ2) is 6.23. The maximum Gasteiger partial charge on any atom is 0.338 e. The van der Waals surface area contributed by atoms with Gasteiger partial charge in [0.1, 0.15) is 0 Å². The zero-order chi connectivity index (χ0) is 14.4. The van der Waals surface area contributed by atoms with E-state index in [1.807, 2.05) is 0 Å². The Morgan fingerprint density at radius 2 is 1.74 bits per heavy atom. The summed E-state index contributed by atoms with van der Waals surface area (Å²) in [7, 11) is 2.33. The van der Waals surface area contributed by atoms with Crippen LogP contribution >= 0.6 is 0 Å². The highest BCUT2D eigenvalue weighted by molar-refractivity contribution is 6.35. The van der Waals surface area contributed by atoms with Crippen molar-refractivity contribution < 1.29 is 28.6 Å². The minimum absolute atomic E-state index is 0.0442. The fourth-order valence-corrected chi connectivity index (χ4v) is 1.40. The Morgan fingerprint density at radius 1 is 1.11 bits per heavy atom. The Morgan fingerprint density at radius 3 is 2.26 bits per heavy atom. The summed E-state index contributed by atoms with van der Waals surface area (Å²) in [6.45, 7) is 0. The monoisotopic (exact) mass is 262 g/mol. The molecule has 7 heteroatoms. The highest BCUT2D eigenvalue weighted by Crippen LogP contribution is 2.14. The van der Waals surface area contributed by atoms with Gasteiger partial charge in [0.15, 0.2) is 0 Å². The van der Waals surface area contributed by atoms with Gasteiger partial charge < -0.3 is 15.0 Å². The quantitative estimate of drug-likeness (QED) is 0.261. The Balaban J connectivity index is 3.40. The minimum atomic E-state index is -0.791. The molecule has 7 nitrogen and oxygen atoms in total. The summed E-state index contributed by atoms with van der Waals surface area (Å²) in [5.41, 5.74) is 8.26. The summed E-state index contributed by atoms with van der Waals surface area (Å²) < 4.78 is 9.03. The number of carbonyl (C=O) groups excluding carboxylic acids is 3. The van der Waals surface area contributed by atoms with Crippen LogP contribution in [0.15, 0.2) is 18.2 Å². The van der Waals surface area contributed by atoms with Gasteiger partial charge in [0.05, 0.1) is 25.3 Å². The van der Waals surface area contributed by atoms with Gasteiger partial charge in [-0.15, -0.1) is 0 Å². The van der Waals surface area contributed by atoms with Crippen LogP contribution in [0.2, 0.25) is 0 Å². The van der Waals surface area contributed by atoms with Crippen molar-refractivity contribution in [1.82, 2.24) is 0 Å². The first-order valence-electron chi connectivity index (χ1n) is 5.07. The average Bonchev–Trinajstić information content (AvgIpc) is 2.45. The Hall–Kier alpha value is -2.79. The summed E-state index contributed by atoms with van der Waals surface area (Å²) in [6.07, 6.45) is 0.638. The van der Waals surface area contributed by atoms with E-state index in [0.717, 1.165) is 7.11 Å². The van der Waals surface area contributed by atoms with Gasteiger partial charge in [-0.3, -0.25) is 4.79 Å². The molecule has 98 valence electrons. The number of esters is 2. The van der Waals surface area contributed by atoms with Gasteiger partial charge in [0.2, 0.25) is 0 Å². The van der Waals surface area contributed by atoms with Crippen LogP contribution in [-0.4, -0.2) is 42.9 Å². The first-order valence-corrected chi connectivity index (χ1v) is 5.07. The van der Waals surface area contributed by atoms with Gasteiger partial charge in [0, 0.05) is 5.56 Å². The predicted octanol–water partition coefficient (Wildman–Crippen LogP) is 0.743. The number of methoxy groups -OCH3 is 2. The fraction of sp³-hybridized carbons (Fsp3) is 0.167. The molecule has 1 aromatic carbocycles. The second-order valence-corrected chi connectivity index (χ2v) is 3.35. The van der Waals surface area contributed by atoms with Crippen LogP contribution < -0.4 is 0 Å². The number of rotatable bonds is 4. The number of Topliss-reactive ketones (excluding diaryl/α,β-unsaturated/α-hetero) is 1. The van der Waals surface area contributed by atoms with E-state index in [4.69, 9.17) is 5.53 Å². The summed E-state index contributed by atoms with van der Waals surface area (Å²) in [6, 6.07) is 3.75. The van der Waals surface area contributed by atoms with Crippen molar-refractivity contribution in [1.29, 1.82) is 0 Å². The molecule has 0 aromatic heterocycles. The van der Waals surface area contributed by atoms with Gasteiger partial charge in [0.25, 0.3) is 5.78 Å². The molecule has 0 aliphatic heterocycles. The molecule has 0 aliphatic rings. The van der Waals surface area contributed by atoms with Crippen molar-refractivity contribution in [3.8, 4) is 0 Å². The Labute approximate surface area is 108 Å². The normalized spacial score (nSPS) is 9.16. The first-order chi connectivity index (χ1) is 9.04. The van der Waals surface area contributed by atoms with Crippen LogP contribution in [0.3, 0.4) is 0 Å². The zero-order valence-electron chi connectivity index (χ0n) is 10.2. The molecular weight excluding hydrogens is 252 g/mol. The van der Waals surface area contributed by atoms with Crippen LogP contribution in [0.4, 0.5) is 0 Å². The van der Waals surface area contributed by atoms with Gasteiger partial charge in [-0.25, -0.2) is 9.59 Å². The summed E-state index contributed by atoms with van der Waals surface area (Å²) in [5, 5.41) is 0. The molecule has 0 saturated heterocycles. The standard InChI is InChI=1S/C12H10N2O5/c1-18-11(16)7-3-4-8(10(15)6-14-13)9(5-7)12(17)19-2/h3-6H,1-2H3. The zero-order valence-corrected chi connectivity index (χ0v) is 10.2. The molecule has 0 aliphatic carbocycles. The topological polar surface area (TPSA) is 106 Å². The lowest BCUT2D eigenvalue weighted by atomic mass is 10.0.